The maximum Gasteiger partial charge on any atom is 0.320 e. The van der Waals surface area contributed by atoms with Crippen molar-refractivity contribution in [1.29, 1.82) is 0 Å². The fourth-order valence-electron chi connectivity index (χ4n) is 2.98. The van der Waals surface area contributed by atoms with E-state index in [0.29, 0.717) is 16.9 Å². The van der Waals surface area contributed by atoms with Crippen LogP contribution in [0.15, 0.2) is 76.7 Å². The van der Waals surface area contributed by atoms with E-state index in [2.05, 4.69) is 10.3 Å². The van der Waals surface area contributed by atoms with Gasteiger partial charge in [0.15, 0.2) is 0 Å². The minimum atomic E-state index is -0.696. The Balaban J connectivity index is 1.55. The van der Waals surface area contributed by atoms with Crippen LogP contribution in [0.25, 0.3) is 5.69 Å². The highest BCUT2D eigenvalue weighted by Gasteiger charge is 2.10. The molecule has 29 heavy (non-hydrogen) atoms. The molecule has 0 spiro atoms. The Morgan fingerprint density at radius 3 is 2.31 bits per heavy atom. The van der Waals surface area contributed by atoms with E-state index in [-0.39, 0.29) is 13.1 Å². The lowest BCUT2D eigenvalue weighted by molar-refractivity contribution is 0.572. The summed E-state index contributed by atoms with van der Waals surface area (Å²) in [6.07, 6.45) is 4.56. The highest BCUT2D eigenvalue weighted by molar-refractivity contribution is 5.31. The van der Waals surface area contributed by atoms with Gasteiger partial charge in [0.05, 0.1) is 19.3 Å². The maximum absolute atomic E-state index is 13.3. The van der Waals surface area contributed by atoms with Crippen molar-refractivity contribution in [2.75, 3.05) is 0 Å². The van der Waals surface area contributed by atoms with Crippen molar-refractivity contribution in [3.8, 4) is 5.69 Å². The van der Waals surface area contributed by atoms with Crippen LogP contribution in [0.5, 0.6) is 0 Å². The fraction of sp³-hybridized carbons (Fsp3) is 0.100. The number of nitrogens with zero attached hydrogens (tertiary/aromatic N) is 5. The lowest BCUT2D eigenvalue weighted by Crippen LogP contribution is -2.40. The molecule has 0 saturated carbocycles. The first-order valence-electron chi connectivity index (χ1n) is 8.71. The Morgan fingerprint density at radius 2 is 1.59 bits per heavy atom. The third-order valence-electron chi connectivity index (χ3n) is 4.28. The number of aromatic nitrogens is 5. The molecule has 4 aromatic rings. The Bertz CT molecular complexity index is 1260. The number of benzene rings is 2. The minimum Gasteiger partial charge on any atom is -0.303 e. The van der Waals surface area contributed by atoms with Gasteiger partial charge in [-0.25, -0.2) is 13.5 Å². The van der Waals surface area contributed by atoms with Crippen molar-refractivity contribution >= 4 is 0 Å². The van der Waals surface area contributed by atoms with Gasteiger partial charge in [-0.1, -0.05) is 23.4 Å². The molecule has 0 atom stereocenters. The van der Waals surface area contributed by atoms with Crippen LogP contribution in [0.4, 0.5) is 8.78 Å². The first-order valence-corrected chi connectivity index (χ1v) is 8.71. The molecule has 0 fully saturated rings. The van der Waals surface area contributed by atoms with Crippen LogP contribution in [0.3, 0.4) is 0 Å². The molecule has 0 radical (unpaired) electrons. The van der Waals surface area contributed by atoms with Crippen molar-refractivity contribution in [2.24, 2.45) is 0 Å². The summed E-state index contributed by atoms with van der Waals surface area (Å²) in [6, 6.07) is 12.0. The normalized spacial score (nSPS) is 11.0. The Morgan fingerprint density at radius 1 is 0.862 bits per heavy atom. The number of para-hydroxylation sites is 1. The molecule has 0 unspecified atom stereocenters. The van der Waals surface area contributed by atoms with Gasteiger partial charge < -0.3 is 4.57 Å². The van der Waals surface area contributed by atoms with Crippen LogP contribution in [-0.4, -0.2) is 24.1 Å². The Kier molecular flexibility index (Phi) is 4.86. The summed E-state index contributed by atoms with van der Waals surface area (Å²) < 4.78 is 30.5. The molecule has 0 saturated heterocycles. The van der Waals surface area contributed by atoms with Crippen molar-refractivity contribution < 1.29 is 8.78 Å². The monoisotopic (exact) mass is 395 g/mol. The van der Waals surface area contributed by atoms with E-state index >= 15 is 0 Å². The third-order valence-corrected chi connectivity index (χ3v) is 4.28. The molecule has 9 heteroatoms. The second kappa shape index (κ2) is 7.63. The van der Waals surface area contributed by atoms with Crippen LogP contribution < -0.4 is 11.1 Å². The second-order valence-electron chi connectivity index (χ2n) is 6.43. The van der Waals surface area contributed by atoms with E-state index in [9.17, 15) is 18.4 Å². The average Bonchev–Trinajstić information content (AvgIpc) is 3.12. The molecule has 7 nitrogen and oxygen atoms in total. The lowest BCUT2D eigenvalue weighted by atomic mass is 10.2. The Hall–Kier alpha value is -3.88. The van der Waals surface area contributed by atoms with Gasteiger partial charge in [0.2, 0.25) is 0 Å². The van der Waals surface area contributed by atoms with Gasteiger partial charge in [-0.15, -0.1) is 5.10 Å². The molecule has 0 bridgehead atoms. The fourth-order valence-corrected chi connectivity index (χ4v) is 2.98. The molecule has 4 rings (SSSR count). The molecule has 0 aliphatic rings. The molecule has 0 N–H and O–H groups in total. The molecule has 2 aromatic carbocycles. The first-order chi connectivity index (χ1) is 14.0. The maximum atomic E-state index is 13.3. The second-order valence-corrected chi connectivity index (χ2v) is 6.43. The zero-order valence-corrected chi connectivity index (χ0v) is 15.1. The standard InChI is InChI=1S/C20H15F2N5O2/c21-15-8-14(9-16(22)10-15)11-26-13-17(23-24-26)12-25-6-7-27(20(29)19(25)28)18-4-2-1-3-5-18/h1-10,13H,11-12H2. The van der Waals surface area contributed by atoms with Gasteiger partial charge in [0.1, 0.15) is 17.3 Å². The van der Waals surface area contributed by atoms with Gasteiger partial charge in [-0.05, 0) is 29.8 Å². The summed E-state index contributed by atoms with van der Waals surface area (Å²) >= 11 is 0. The van der Waals surface area contributed by atoms with E-state index < -0.39 is 22.8 Å². The van der Waals surface area contributed by atoms with Crippen molar-refractivity contribution in [3.63, 3.8) is 0 Å². The number of hydrogen-bond acceptors (Lipinski definition) is 4. The van der Waals surface area contributed by atoms with Crippen molar-refractivity contribution in [3.05, 3.63) is 111 Å². The zero-order valence-electron chi connectivity index (χ0n) is 15.1. The zero-order chi connectivity index (χ0) is 20.4. The van der Waals surface area contributed by atoms with Gasteiger partial charge in [-0.3, -0.25) is 14.2 Å². The SMILES string of the molecule is O=c1c(=O)n(-c2ccccc2)ccn1Cc1cn(Cc2cc(F)cc(F)c2)nn1. The van der Waals surface area contributed by atoms with Crippen LogP contribution in [0.1, 0.15) is 11.3 Å². The Labute approximate surface area is 163 Å². The summed E-state index contributed by atoms with van der Waals surface area (Å²) in [4.78, 5) is 24.8. The van der Waals surface area contributed by atoms with E-state index in [1.807, 2.05) is 6.07 Å². The highest BCUT2D eigenvalue weighted by Crippen LogP contribution is 2.09. The molecule has 2 aromatic heterocycles. The first kappa shape index (κ1) is 18.5. The summed E-state index contributed by atoms with van der Waals surface area (Å²) in [6.45, 7) is 0.160. The average molecular weight is 395 g/mol. The predicted octanol–water partition coefficient (Wildman–Crippen LogP) is 1.97. The van der Waals surface area contributed by atoms with Gasteiger partial charge >= 0.3 is 11.1 Å². The van der Waals surface area contributed by atoms with E-state index in [0.717, 1.165) is 6.07 Å². The number of hydrogen-bond donors (Lipinski definition) is 0. The molecule has 0 aliphatic carbocycles. The van der Waals surface area contributed by atoms with Gasteiger partial charge in [-0.2, -0.15) is 0 Å². The quantitative estimate of drug-likeness (QED) is 0.484. The van der Waals surface area contributed by atoms with Crippen LogP contribution in [0.2, 0.25) is 0 Å². The summed E-state index contributed by atoms with van der Waals surface area (Å²) in [5, 5.41) is 7.87. The molecule has 2 heterocycles. The van der Waals surface area contributed by atoms with Gasteiger partial charge in [0.25, 0.3) is 0 Å². The van der Waals surface area contributed by atoms with E-state index in [4.69, 9.17) is 0 Å². The topological polar surface area (TPSA) is 74.7 Å². The van der Waals surface area contributed by atoms with Crippen LogP contribution >= 0.6 is 0 Å². The molecular weight excluding hydrogens is 380 g/mol. The van der Waals surface area contributed by atoms with Crippen molar-refractivity contribution in [2.45, 2.75) is 13.1 Å². The lowest BCUT2D eigenvalue weighted by Gasteiger charge is -2.07. The molecular formula is C20H15F2N5O2. The molecule has 0 aliphatic heterocycles. The third kappa shape index (κ3) is 4.03. The molecule has 0 amide bonds. The van der Waals surface area contributed by atoms with E-state index in [1.54, 1.807) is 30.5 Å². The van der Waals surface area contributed by atoms with E-state index in [1.165, 1.54) is 38.3 Å². The summed E-state index contributed by atoms with van der Waals surface area (Å²) in [5.74, 6) is -1.35. The number of rotatable bonds is 5. The summed E-state index contributed by atoms with van der Waals surface area (Å²) in [7, 11) is 0. The highest BCUT2D eigenvalue weighted by atomic mass is 19.1. The van der Waals surface area contributed by atoms with Crippen LogP contribution in [0, 0.1) is 11.6 Å². The smallest absolute Gasteiger partial charge is 0.303 e. The number of halogens is 2. The van der Waals surface area contributed by atoms with Crippen LogP contribution in [-0.2, 0) is 13.1 Å². The largest absolute Gasteiger partial charge is 0.320 e. The summed E-state index contributed by atoms with van der Waals surface area (Å²) in [5.41, 5.74) is 0.0388. The predicted molar refractivity (Wildman–Crippen MR) is 101 cm³/mol. The van der Waals surface area contributed by atoms with Gasteiger partial charge in [0, 0.05) is 24.1 Å². The molecule has 146 valence electrons. The minimum absolute atomic E-state index is 0.0429. The van der Waals surface area contributed by atoms with Crippen molar-refractivity contribution in [1.82, 2.24) is 24.1 Å².